The van der Waals surface area contributed by atoms with Crippen molar-refractivity contribution in [2.24, 2.45) is 0 Å². The highest BCUT2D eigenvalue weighted by molar-refractivity contribution is 7.88. The highest BCUT2D eigenvalue weighted by Gasteiger charge is 2.48. The second-order valence-corrected chi connectivity index (χ2v) is 11.4. The minimum atomic E-state index is -5.80. The molecule has 0 spiro atoms. The summed E-state index contributed by atoms with van der Waals surface area (Å²) in [6.45, 7) is 8.15. The van der Waals surface area contributed by atoms with Crippen LogP contribution in [0, 0.1) is 0 Å². The van der Waals surface area contributed by atoms with E-state index >= 15 is 0 Å². The summed E-state index contributed by atoms with van der Waals surface area (Å²) in [6.07, 6.45) is 1.42. The lowest BCUT2D eigenvalue weighted by Gasteiger charge is -2.18. The first-order valence-corrected chi connectivity index (χ1v) is 13.0. The summed E-state index contributed by atoms with van der Waals surface area (Å²) in [5, 5.41) is 2.67. The Hall–Kier alpha value is -2.60. The standard InChI is InChI=1S/C23H28F3NO6S2/c1-5-6-13-32-21(29)17(27-20(28)18-11-12-19(34-18)22(2,3)4)14-15-7-9-16(10-8-15)33-35(30,31)23(24,25)26/h7-12,17H,5-6,13-14H2,1-4H3,(H,27,28)/t17-/m0/s1. The van der Waals surface area contributed by atoms with Crippen LogP contribution in [0.1, 0.15) is 60.6 Å². The molecule has 0 aliphatic rings. The molecule has 0 fully saturated rings. The molecule has 0 bridgehead atoms. The molecule has 0 radical (unpaired) electrons. The van der Waals surface area contributed by atoms with Crippen molar-refractivity contribution >= 4 is 33.3 Å². The summed E-state index contributed by atoms with van der Waals surface area (Å²) in [5.74, 6) is -1.65. The van der Waals surface area contributed by atoms with Crippen molar-refractivity contribution in [1.29, 1.82) is 0 Å². The van der Waals surface area contributed by atoms with Gasteiger partial charge < -0.3 is 14.2 Å². The molecule has 2 aromatic rings. The highest BCUT2D eigenvalue weighted by Crippen LogP contribution is 2.30. The number of unbranched alkanes of at least 4 members (excludes halogenated alkanes) is 1. The van der Waals surface area contributed by atoms with Crippen molar-refractivity contribution in [3.8, 4) is 5.75 Å². The molecule has 194 valence electrons. The van der Waals surface area contributed by atoms with Crippen LogP contribution in [-0.4, -0.2) is 38.5 Å². The van der Waals surface area contributed by atoms with Gasteiger partial charge in [-0.2, -0.15) is 21.6 Å². The van der Waals surface area contributed by atoms with Gasteiger partial charge in [0, 0.05) is 11.3 Å². The van der Waals surface area contributed by atoms with E-state index in [9.17, 15) is 31.2 Å². The number of amides is 1. The van der Waals surface area contributed by atoms with E-state index in [-0.39, 0.29) is 18.4 Å². The Bertz CT molecular complexity index is 1120. The summed E-state index contributed by atoms with van der Waals surface area (Å²) in [7, 11) is -5.80. The van der Waals surface area contributed by atoms with Crippen LogP contribution in [0.15, 0.2) is 36.4 Å². The molecule has 1 atom stereocenters. The van der Waals surface area contributed by atoms with E-state index < -0.39 is 39.3 Å². The average Bonchev–Trinajstić information content (AvgIpc) is 3.25. The van der Waals surface area contributed by atoms with Crippen LogP contribution in [0.2, 0.25) is 0 Å². The summed E-state index contributed by atoms with van der Waals surface area (Å²) in [4.78, 5) is 26.9. The Morgan fingerprint density at radius 2 is 1.69 bits per heavy atom. The van der Waals surface area contributed by atoms with Gasteiger partial charge in [0.15, 0.2) is 0 Å². The van der Waals surface area contributed by atoms with E-state index in [1.165, 1.54) is 23.5 Å². The van der Waals surface area contributed by atoms with Gasteiger partial charge in [-0.3, -0.25) is 4.79 Å². The maximum absolute atomic E-state index is 12.8. The number of halogens is 3. The molecule has 0 aliphatic heterocycles. The fourth-order valence-electron chi connectivity index (χ4n) is 2.79. The van der Waals surface area contributed by atoms with Crippen LogP contribution in [0.4, 0.5) is 13.2 Å². The highest BCUT2D eigenvalue weighted by atomic mass is 32.2. The van der Waals surface area contributed by atoms with Crippen molar-refractivity contribution in [2.75, 3.05) is 6.61 Å². The summed E-state index contributed by atoms with van der Waals surface area (Å²) in [5.41, 5.74) is -5.26. The molecule has 7 nitrogen and oxygen atoms in total. The number of benzene rings is 1. The Balaban J connectivity index is 2.17. The van der Waals surface area contributed by atoms with E-state index in [4.69, 9.17) is 4.74 Å². The van der Waals surface area contributed by atoms with Crippen LogP contribution < -0.4 is 9.50 Å². The van der Waals surface area contributed by atoms with Gasteiger partial charge >= 0.3 is 21.6 Å². The van der Waals surface area contributed by atoms with E-state index in [0.29, 0.717) is 16.9 Å². The van der Waals surface area contributed by atoms with Crippen LogP contribution in [0.3, 0.4) is 0 Å². The number of hydrogen-bond acceptors (Lipinski definition) is 7. The van der Waals surface area contributed by atoms with Crippen molar-refractivity contribution in [2.45, 2.75) is 63.9 Å². The zero-order chi connectivity index (χ0) is 26.4. The van der Waals surface area contributed by atoms with Crippen LogP contribution >= 0.6 is 11.3 Å². The second-order valence-electron chi connectivity index (χ2n) is 8.79. The monoisotopic (exact) mass is 535 g/mol. The Morgan fingerprint density at radius 3 is 2.20 bits per heavy atom. The van der Waals surface area contributed by atoms with Crippen LogP contribution in [-0.2, 0) is 31.5 Å². The van der Waals surface area contributed by atoms with Crippen LogP contribution in [0.25, 0.3) is 0 Å². The van der Waals surface area contributed by atoms with Crippen LogP contribution in [0.5, 0.6) is 5.75 Å². The molecule has 12 heteroatoms. The second kappa shape index (κ2) is 11.4. The molecule has 35 heavy (non-hydrogen) atoms. The quantitative estimate of drug-likeness (QED) is 0.200. The van der Waals surface area contributed by atoms with Crippen molar-refractivity contribution in [3.63, 3.8) is 0 Å². The smallest absolute Gasteiger partial charge is 0.464 e. The number of esters is 1. The maximum atomic E-state index is 12.8. The van der Waals surface area contributed by atoms with E-state index in [1.807, 2.05) is 33.8 Å². The normalized spacial score (nSPS) is 13.2. The van der Waals surface area contributed by atoms with Crippen molar-refractivity contribution < 1.29 is 40.1 Å². The Kier molecular flexibility index (Phi) is 9.35. The SMILES string of the molecule is CCCCOC(=O)[C@H](Cc1ccc(OS(=O)(=O)C(F)(F)F)cc1)NC(=O)c1ccc(C(C)(C)C)s1. The number of nitrogens with one attached hydrogen (secondary N) is 1. The first-order chi connectivity index (χ1) is 16.1. The third kappa shape index (κ3) is 8.24. The third-order valence-corrected chi connectivity index (χ3v) is 7.24. The molecule has 2 rings (SSSR count). The number of thiophene rings is 1. The number of rotatable bonds is 10. The lowest BCUT2D eigenvalue weighted by Crippen LogP contribution is -2.43. The fourth-order valence-corrected chi connectivity index (χ4v) is 4.22. The van der Waals surface area contributed by atoms with E-state index in [0.717, 1.165) is 23.4 Å². The number of carbonyl (C=O) groups excluding carboxylic acids is 2. The van der Waals surface area contributed by atoms with Gasteiger partial charge in [-0.15, -0.1) is 11.3 Å². The summed E-state index contributed by atoms with van der Waals surface area (Å²) < 4.78 is 69.2. The molecular formula is C23H28F3NO6S2. The van der Waals surface area contributed by atoms with Crippen molar-refractivity contribution in [1.82, 2.24) is 5.32 Å². The van der Waals surface area contributed by atoms with E-state index in [2.05, 4.69) is 9.50 Å². The minimum Gasteiger partial charge on any atom is -0.464 e. The number of ether oxygens (including phenoxy) is 1. The summed E-state index contributed by atoms with van der Waals surface area (Å²) >= 11 is 1.31. The zero-order valence-corrected chi connectivity index (χ0v) is 21.4. The van der Waals surface area contributed by atoms with Gasteiger partial charge in [0.2, 0.25) is 0 Å². The van der Waals surface area contributed by atoms with E-state index in [1.54, 1.807) is 6.07 Å². The number of alkyl halides is 3. The van der Waals surface area contributed by atoms with Gasteiger partial charge in [-0.05, 0) is 41.7 Å². The Labute approximate surface area is 206 Å². The molecule has 1 aromatic heterocycles. The summed E-state index contributed by atoms with van der Waals surface area (Å²) in [6, 6.07) is 7.15. The fraction of sp³-hybridized carbons (Fsp3) is 0.478. The third-order valence-electron chi connectivity index (χ3n) is 4.75. The molecule has 1 N–H and O–H groups in total. The maximum Gasteiger partial charge on any atom is 0.534 e. The topological polar surface area (TPSA) is 98.8 Å². The number of carbonyl (C=O) groups is 2. The zero-order valence-electron chi connectivity index (χ0n) is 19.8. The van der Waals surface area contributed by atoms with Gasteiger partial charge in [0.1, 0.15) is 11.8 Å². The first kappa shape index (κ1) is 28.6. The average molecular weight is 536 g/mol. The molecule has 0 unspecified atom stereocenters. The largest absolute Gasteiger partial charge is 0.534 e. The lowest BCUT2D eigenvalue weighted by molar-refractivity contribution is -0.146. The molecular weight excluding hydrogens is 507 g/mol. The minimum absolute atomic E-state index is 0.0273. The predicted molar refractivity (Wildman–Crippen MR) is 126 cm³/mol. The first-order valence-electron chi connectivity index (χ1n) is 10.8. The number of hydrogen-bond donors (Lipinski definition) is 1. The molecule has 0 saturated carbocycles. The van der Waals surface area contributed by atoms with Gasteiger partial charge in [0.25, 0.3) is 5.91 Å². The molecule has 1 aromatic carbocycles. The predicted octanol–water partition coefficient (Wildman–Crippen LogP) is 4.96. The molecule has 1 heterocycles. The Morgan fingerprint density at radius 1 is 1.06 bits per heavy atom. The molecule has 0 saturated heterocycles. The molecule has 0 aliphatic carbocycles. The van der Waals surface area contributed by atoms with Gasteiger partial charge in [-0.25, -0.2) is 4.79 Å². The molecule has 1 amide bonds. The lowest BCUT2D eigenvalue weighted by atomic mass is 9.95. The van der Waals surface area contributed by atoms with Gasteiger partial charge in [-0.1, -0.05) is 46.2 Å². The van der Waals surface area contributed by atoms with Crippen molar-refractivity contribution in [3.05, 3.63) is 51.7 Å². The van der Waals surface area contributed by atoms with Gasteiger partial charge in [0.05, 0.1) is 11.5 Å².